The van der Waals surface area contributed by atoms with Crippen molar-refractivity contribution >= 4 is 63.2 Å². The number of amides is 2. The maximum Gasteiger partial charge on any atom is 0.251 e. The van der Waals surface area contributed by atoms with E-state index in [1.54, 1.807) is 30.5 Å². The van der Waals surface area contributed by atoms with Gasteiger partial charge < -0.3 is 31.5 Å². The lowest BCUT2D eigenvalue weighted by Crippen LogP contribution is -2.40. The van der Waals surface area contributed by atoms with E-state index in [0.29, 0.717) is 28.7 Å². The Kier molecular flexibility index (Phi) is 8.10. The summed E-state index contributed by atoms with van der Waals surface area (Å²) >= 11 is 2.14. The average Bonchev–Trinajstić information content (AvgIpc) is 3.72. The van der Waals surface area contributed by atoms with Crippen LogP contribution in [0.1, 0.15) is 23.2 Å². The minimum Gasteiger partial charge on any atom is -0.394 e. The molecule has 6 N–H and O–H groups in total. The summed E-state index contributed by atoms with van der Waals surface area (Å²) in [5, 5.41) is 30.1. The van der Waals surface area contributed by atoms with Crippen LogP contribution >= 0.6 is 22.6 Å². The first kappa shape index (κ1) is 24.8. The van der Waals surface area contributed by atoms with Crippen molar-refractivity contribution < 1.29 is 19.8 Å². The monoisotopic (exact) mass is 588 g/mol. The molecule has 0 atom stereocenters. The third-order valence-electron chi connectivity index (χ3n) is 5.31. The number of halogens is 1. The van der Waals surface area contributed by atoms with Crippen LogP contribution in [-0.4, -0.2) is 51.3 Å². The fourth-order valence-electron chi connectivity index (χ4n) is 3.18. The second-order valence-electron chi connectivity index (χ2n) is 8.06. The second kappa shape index (κ2) is 11.4. The Balaban J connectivity index is 1.45. The Hall–Kier alpha value is -3.29. The second-order valence-corrected chi connectivity index (χ2v) is 9.22. The summed E-state index contributed by atoms with van der Waals surface area (Å²) in [6, 6.07) is 13.4. The summed E-state index contributed by atoms with van der Waals surface area (Å²) in [6.07, 6.45) is 3.53. The van der Waals surface area contributed by atoms with Crippen molar-refractivity contribution in [2.45, 2.75) is 18.9 Å². The molecule has 0 aliphatic heterocycles. The number of hydrogen-bond donors (Lipinski definition) is 6. The number of benzene rings is 2. The lowest BCUT2D eigenvalue weighted by molar-refractivity contribution is -0.117. The molecule has 1 aliphatic carbocycles. The summed E-state index contributed by atoms with van der Waals surface area (Å²) < 4.78 is 0.797. The van der Waals surface area contributed by atoms with Gasteiger partial charge in [0, 0.05) is 23.4 Å². The highest BCUT2D eigenvalue weighted by Gasteiger charge is 2.30. The van der Waals surface area contributed by atoms with Gasteiger partial charge in [0.05, 0.1) is 34.2 Å². The summed E-state index contributed by atoms with van der Waals surface area (Å²) in [4.78, 5) is 33.3. The maximum atomic E-state index is 12.2. The fourth-order valence-corrected chi connectivity index (χ4v) is 3.57. The molecular formula is C24H25IN6O4. The van der Waals surface area contributed by atoms with Crippen LogP contribution in [0.25, 0.3) is 0 Å². The Morgan fingerprint density at radius 2 is 1.69 bits per heavy atom. The molecule has 1 saturated carbocycles. The third-order valence-corrected chi connectivity index (χ3v) is 6.10. The van der Waals surface area contributed by atoms with Crippen molar-refractivity contribution in [3.8, 4) is 0 Å². The van der Waals surface area contributed by atoms with E-state index in [0.717, 1.165) is 22.1 Å². The molecule has 2 aromatic carbocycles. The first-order valence-electron chi connectivity index (χ1n) is 11.1. The molecule has 0 saturated heterocycles. The van der Waals surface area contributed by atoms with Gasteiger partial charge in [-0.1, -0.05) is 12.1 Å². The molecule has 35 heavy (non-hydrogen) atoms. The van der Waals surface area contributed by atoms with Crippen molar-refractivity contribution in [3.63, 3.8) is 0 Å². The number of anilines is 5. The van der Waals surface area contributed by atoms with Crippen LogP contribution in [0.5, 0.6) is 0 Å². The van der Waals surface area contributed by atoms with Crippen molar-refractivity contribution in [2.24, 2.45) is 5.92 Å². The molecule has 1 aromatic heterocycles. The zero-order valence-corrected chi connectivity index (χ0v) is 20.8. The predicted octanol–water partition coefficient (Wildman–Crippen LogP) is 3.00. The van der Waals surface area contributed by atoms with Crippen molar-refractivity contribution in [2.75, 3.05) is 29.2 Å². The van der Waals surface area contributed by atoms with Gasteiger partial charge in [0.2, 0.25) is 11.9 Å². The van der Waals surface area contributed by atoms with Crippen molar-refractivity contribution in [3.05, 3.63) is 63.9 Å². The van der Waals surface area contributed by atoms with Gasteiger partial charge in [0.15, 0.2) is 0 Å². The number of rotatable bonds is 10. The van der Waals surface area contributed by atoms with Crippen molar-refractivity contribution in [1.82, 2.24) is 15.3 Å². The molecule has 2 amide bonds. The third kappa shape index (κ3) is 6.65. The SMILES string of the molecule is O=C(NC(CO)CO)c1ccc(Nc2ncc(I)c(Nc3ccccc3NC(=O)C3CC3)n2)cc1. The number of nitrogens with zero attached hydrogens (tertiary/aromatic N) is 2. The molecule has 0 spiro atoms. The molecule has 4 rings (SSSR count). The minimum absolute atomic E-state index is 0.0272. The Labute approximate surface area is 215 Å². The van der Waals surface area contributed by atoms with E-state index < -0.39 is 11.9 Å². The first-order valence-corrected chi connectivity index (χ1v) is 12.1. The topological polar surface area (TPSA) is 148 Å². The number of aliphatic hydroxyl groups excluding tert-OH is 2. The highest BCUT2D eigenvalue weighted by Crippen LogP contribution is 2.33. The van der Waals surface area contributed by atoms with E-state index in [-0.39, 0.29) is 25.0 Å². The maximum absolute atomic E-state index is 12.2. The van der Waals surface area contributed by atoms with Gasteiger partial charge in [-0.2, -0.15) is 4.98 Å². The molecule has 0 unspecified atom stereocenters. The highest BCUT2D eigenvalue weighted by atomic mass is 127. The number of aliphatic hydroxyl groups is 2. The van der Waals surface area contributed by atoms with Gasteiger partial charge in [-0.3, -0.25) is 9.59 Å². The van der Waals surface area contributed by atoms with Crippen LogP contribution in [0.3, 0.4) is 0 Å². The van der Waals surface area contributed by atoms with Gasteiger partial charge >= 0.3 is 0 Å². The molecule has 1 fully saturated rings. The molecule has 1 heterocycles. The summed E-state index contributed by atoms with van der Waals surface area (Å²) in [7, 11) is 0. The van der Waals surface area contributed by atoms with Crippen LogP contribution in [-0.2, 0) is 4.79 Å². The Bertz CT molecular complexity index is 1200. The summed E-state index contributed by atoms with van der Waals surface area (Å²) in [6.45, 7) is -0.695. The van der Waals surface area contributed by atoms with Gasteiger partial charge in [-0.15, -0.1) is 0 Å². The van der Waals surface area contributed by atoms with Gasteiger partial charge in [-0.05, 0) is 71.8 Å². The van der Waals surface area contributed by atoms with E-state index in [2.05, 4.69) is 53.8 Å². The summed E-state index contributed by atoms with van der Waals surface area (Å²) in [5.74, 6) is 0.659. The Morgan fingerprint density at radius 1 is 1.00 bits per heavy atom. The fraction of sp³-hybridized carbons (Fsp3) is 0.250. The standard InChI is InChI=1S/C24H25IN6O4/c25-18-11-26-24(28-16-9-7-15(8-10-16)22(34)27-17(12-32)13-33)31-21(18)29-19-3-1-2-4-20(19)30-23(35)14-5-6-14/h1-4,7-11,14,17,32-33H,5-6,12-13H2,(H,27,34)(H,30,35)(H2,26,28,29,31). The zero-order valence-electron chi connectivity index (χ0n) is 18.7. The quantitative estimate of drug-likeness (QED) is 0.198. The van der Waals surface area contributed by atoms with E-state index in [9.17, 15) is 9.59 Å². The largest absolute Gasteiger partial charge is 0.394 e. The van der Waals surface area contributed by atoms with Gasteiger partial charge in [0.1, 0.15) is 5.82 Å². The number of aromatic nitrogens is 2. The molecule has 3 aromatic rings. The molecular weight excluding hydrogens is 563 g/mol. The first-order chi connectivity index (χ1) is 17.0. The number of carbonyl (C=O) groups excluding carboxylic acids is 2. The van der Waals surface area contributed by atoms with Crippen molar-refractivity contribution in [1.29, 1.82) is 0 Å². The van der Waals surface area contributed by atoms with Crippen LogP contribution in [0.4, 0.5) is 28.8 Å². The number of para-hydroxylation sites is 2. The lowest BCUT2D eigenvalue weighted by Gasteiger charge is -2.15. The van der Waals surface area contributed by atoms with E-state index in [1.807, 2.05) is 24.3 Å². The lowest BCUT2D eigenvalue weighted by atomic mass is 10.2. The number of carbonyl (C=O) groups is 2. The smallest absolute Gasteiger partial charge is 0.251 e. The van der Waals surface area contributed by atoms with Gasteiger partial charge in [0.25, 0.3) is 5.91 Å². The molecule has 182 valence electrons. The van der Waals surface area contributed by atoms with E-state index >= 15 is 0 Å². The highest BCUT2D eigenvalue weighted by molar-refractivity contribution is 14.1. The molecule has 11 heteroatoms. The van der Waals surface area contributed by atoms with Crippen LogP contribution in [0, 0.1) is 9.49 Å². The molecule has 0 radical (unpaired) electrons. The van der Waals surface area contributed by atoms with Crippen LogP contribution in [0.15, 0.2) is 54.7 Å². The summed E-state index contributed by atoms with van der Waals surface area (Å²) in [5.41, 5.74) is 2.47. The van der Waals surface area contributed by atoms with Crippen LogP contribution < -0.4 is 21.3 Å². The van der Waals surface area contributed by atoms with E-state index in [4.69, 9.17) is 10.2 Å². The number of hydrogen-bond acceptors (Lipinski definition) is 8. The molecule has 10 nitrogen and oxygen atoms in total. The Morgan fingerprint density at radius 3 is 2.34 bits per heavy atom. The van der Waals surface area contributed by atoms with E-state index in [1.165, 1.54) is 0 Å². The average molecular weight is 588 g/mol. The number of nitrogens with one attached hydrogen (secondary N) is 4. The zero-order chi connectivity index (χ0) is 24.8. The normalized spacial score (nSPS) is 12.8. The van der Waals surface area contributed by atoms with Gasteiger partial charge in [-0.25, -0.2) is 4.98 Å². The predicted molar refractivity (Wildman–Crippen MR) is 141 cm³/mol. The molecule has 1 aliphatic rings. The van der Waals surface area contributed by atoms with Crippen LogP contribution in [0.2, 0.25) is 0 Å². The molecule has 0 bridgehead atoms. The minimum atomic E-state index is -0.710.